The summed E-state index contributed by atoms with van der Waals surface area (Å²) in [6.45, 7) is 0. The molecule has 0 saturated carbocycles. The van der Waals surface area contributed by atoms with Gasteiger partial charge < -0.3 is 5.21 Å². The van der Waals surface area contributed by atoms with Crippen LogP contribution in [-0.2, 0) is 0 Å². The van der Waals surface area contributed by atoms with Gasteiger partial charge in [0.1, 0.15) is 0 Å². The van der Waals surface area contributed by atoms with Crippen molar-refractivity contribution in [2.75, 3.05) is 0 Å². The van der Waals surface area contributed by atoms with Gasteiger partial charge in [0.25, 0.3) is 0 Å². The van der Waals surface area contributed by atoms with Crippen LogP contribution in [0.5, 0.6) is 0 Å². The Morgan fingerprint density at radius 3 is 2.88 bits per heavy atom. The minimum atomic E-state index is 0.211. The van der Waals surface area contributed by atoms with Crippen LogP contribution < -0.4 is 4.73 Å². The lowest BCUT2D eigenvalue weighted by Crippen LogP contribution is -2.24. The average molecular weight is 131 g/mol. The van der Waals surface area contributed by atoms with E-state index in [1.165, 1.54) is 18.6 Å². The maximum absolute atomic E-state index is 10.3. The molecule has 1 aromatic rings. The first-order valence-electron chi connectivity index (χ1n) is 1.99. The normalized spacial score (nSPS) is 9.12. The zero-order valence-electron chi connectivity index (χ0n) is 3.91. The summed E-state index contributed by atoms with van der Waals surface area (Å²) < 4.78 is 0.593. The first-order chi connectivity index (χ1) is 3.79. The third-order valence-corrected chi connectivity index (χ3v) is 0.840. The predicted molar refractivity (Wildman–Crippen MR) is 28.2 cm³/mol. The zero-order valence-corrected chi connectivity index (χ0v) is 4.67. The maximum Gasteiger partial charge on any atom is 0.217 e. The van der Waals surface area contributed by atoms with E-state index in [0.29, 0.717) is 4.73 Å². The van der Waals surface area contributed by atoms with Crippen molar-refractivity contribution >= 4 is 11.6 Å². The summed E-state index contributed by atoms with van der Waals surface area (Å²) in [4.78, 5) is 3.58. The van der Waals surface area contributed by atoms with Crippen molar-refractivity contribution < 1.29 is 4.73 Å². The van der Waals surface area contributed by atoms with Gasteiger partial charge in [0.15, 0.2) is 11.3 Å². The molecule has 1 aromatic heterocycles. The highest BCUT2D eigenvalue weighted by molar-refractivity contribution is 6.29. The molecule has 0 aliphatic carbocycles. The number of hydrogen-bond donors (Lipinski definition) is 0. The van der Waals surface area contributed by atoms with Crippen molar-refractivity contribution in [2.45, 2.75) is 0 Å². The highest BCUT2D eigenvalue weighted by Gasteiger charge is 1.89. The topological polar surface area (TPSA) is 39.8 Å². The fraction of sp³-hybridized carbons (Fsp3) is 0. The van der Waals surface area contributed by atoms with E-state index in [0.717, 1.165) is 0 Å². The average Bonchev–Trinajstić information content (AvgIpc) is 1.64. The van der Waals surface area contributed by atoms with Crippen LogP contribution in [0.1, 0.15) is 0 Å². The molecule has 0 saturated heterocycles. The van der Waals surface area contributed by atoms with E-state index in [1.54, 1.807) is 0 Å². The highest BCUT2D eigenvalue weighted by atomic mass is 35.5. The minimum absolute atomic E-state index is 0.211. The molecule has 0 amide bonds. The van der Waals surface area contributed by atoms with Gasteiger partial charge in [0.05, 0.1) is 6.20 Å². The Bertz CT molecular complexity index is 174. The van der Waals surface area contributed by atoms with Crippen LogP contribution in [0, 0.1) is 5.21 Å². The standard InChI is InChI=1S/C4H3ClN2O/c5-4-3-7(8)2-1-6-4/h1-3H. The van der Waals surface area contributed by atoms with Crippen molar-refractivity contribution in [1.29, 1.82) is 0 Å². The van der Waals surface area contributed by atoms with Gasteiger partial charge in [0.2, 0.25) is 6.20 Å². The molecule has 0 N–H and O–H groups in total. The first-order valence-corrected chi connectivity index (χ1v) is 2.37. The predicted octanol–water partition coefficient (Wildman–Crippen LogP) is 0.368. The largest absolute Gasteiger partial charge is 0.619 e. The molecular formula is C4H3ClN2O. The summed E-state index contributed by atoms with van der Waals surface area (Å²) in [5, 5.41) is 10.5. The molecule has 0 unspecified atom stereocenters. The molecule has 8 heavy (non-hydrogen) atoms. The molecular weight excluding hydrogens is 128 g/mol. The van der Waals surface area contributed by atoms with Crippen molar-refractivity contribution in [3.8, 4) is 0 Å². The Morgan fingerprint density at radius 1 is 1.75 bits per heavy atom. The lowest BCUT2D eigenvalue weighted by atomic mass is 10.8. The van der Waals surface area contributed by atoms with Crippen LogP contribution in [0.3, 0.4) is 0 Å². The second-order valence-corrected chi connectivity index (χ2v) is 1.63. The van der Waals surface area contributed by atoms with Crippen molar-refractivity contribution in [3.05, 3.63) is 29.0 Å². The van der Waals surface area contributed by atoms with E-state index in [2.05, 4.69) is 4.98 Å². The minimum Gasteiger partial charge on any atom is -0.619 e. The van der Waals surface area contributed by atoms with Crippen molar-refractivity contribution in [1.82, 2.24) is 4.98 Å². The van der Waals surface area contributed by atoms with E-state index < -0.39 is 0 Å². The number of hydrogen-bond acceptors (Lipinski definition) is 2. The van der Waals surface area contributed by atoms with Gasteiger partial charge in [-0.2, -0.15) is 4.73 Å². The summed E-state index contributed by atoms with van der Waals surface area (Å²) in [5.74, 6) is 0. The summed E-state index contributed by atoms with van der Waals surface area (Å²) in [7, 11) is 0. The number of nitrogens with zero attached hydrogens (tertiary/aromatic N) is 2. The van der Waals surface area contributed by atoms with Gasteiger partial charge in [0, 0.05) is 0 Å². The van der Waals surface area contributed by atoms with E-state index in [1.807, 2.05) is 0 Å². The number of halogens is 1. The number of rotatable bonds is 0. The van der Waals surface area contributed by atoms with Crippen LogP contribution >= 0.6 is 11.6 Å². The molecule has 3 nitrogen and oxygen atoms in total. The molecule has 0 bridgehead atoms. The van der Waals surface area contributed by atoms with Crippen LogP contribution in [0.25, 0.3) is 0 Å². The van der Waals surface area contributed by atoms with Crippen LogP contribution in [0.15, 0.2) is 18.6 Å². The molecule has 0 radical (unpaired) electrons. The van der Waals surface area contributed by atoms with Gasteiger partial charge in [-0.15, -0.1) is 0 Å². The Hall–Kier alpha value is -0.830. The number of aromatic nitrogens is 2. The first kappa shape index (κ1) is 5.31. The van der Waals surface area contributed by atoms with Gasteiger partial charge in [-0.3, -0.25) is 0 Å². The molecule has 0 spiro atoms. The Labute approximate surface area is 51.1 Å². The Balaban J connectivity index is 3.08. The van der Waals surface area contributed by atoms with Crippen LogP contribution in [0.2, 0.25) is 5.15 Å². The summed E-state index contributed by atoms with van der Waals surface area (Å²) in [5.41, 5.74) is 0. The summed E-state index contributed by atoms with van der Waals surface area (Å²) >= 11 is 5.31. The molecule has 4 heteroatoms. The summed E-state index contributed by atoms with van der Waals surface area (Å²) in [6, 6.07) is 0. The molecule has 0 aliphatic rings. The van der Waals surface area contributed by atoms with E-state index >= 15 is 0 Å². The molecule has 0 atom stereocenters. The van der Waals surface area contributed by atoms with E-state index in [9.17, 15) is 5.21 Å². The molecule has 0 fully saturated rings. The van der Waals surface area contributed by atoms with E-state index in [-0.39, 0.29) is 5.15 Å². The third-order valence-electron chi connectivity index (χ3n) is 0.645. The van der Waals surface area contributed by atoms with Crippen LogP contribution in [-0.4, -0.2) is 4.98 Å². The fourth-order valence-electron chi connectivity index (χ4n) is 0.352. The maximum atomic E-state index is 10.3. The lowest BCUT2D eigenvalue weighted by Gasteiger charge is -1.90. The Kier molecular flexibility index (Phi) is 1.30. The summed E-state index contributed by atoms with van der Waals surface area (Å²) in [6.07, 6.45) is 3.79. The van der Waals surface area contributed by atoms with Crippen molar-refractivity contribution in [3.63, 3.8) is 0 Å². The molecule has 0 aromatic carbocycles. The molecule has 1 rings (SSSR count). The molecule has 1 heterocycles. The van der Waals surface area contributed by atoms with Gasteiger partial charge in [-0.05, 0) is 0 Å². The monoisotopic (exact) mass is 130 g/mol. The quantitative estimate of drug-likeness (QED) is 0.376. The smallest absolute Gasteiger partial charge is 0.217 e. The lowest BCUT2D eigenvalue weighted by molar-refractivity contribution is -0.605. The second kappa shape index (κ2) is 1.96. The van der Waals surface area contributed by atoms with Crippen LogP contribution in [0.4, 0.5) is 0 Å². The van der Waals surface area contributed by atoms with Gasteiger partial charge in [-0.1, -0.05) is 11.6 Å². The van der Waals surface area contributed by atoms with Gasteiger partial charge >= 0.3 is 0 Å². The molecule has 0 aliphatic heterocycles. The molecule has 42 valence electrons. The fourth-order valence-corrected chi connectivity index (χ4v) is 0.504. The highest BCUT2D eigenvalue weighted by Crippen LogP contribution is 1.94. The van der Waals surface area contributed by atoms with E-state index in [4.69, 9.17) is 11.6 Å². The van der Waals surface area contributed by atoms with Crippen molar-refractivity contribution in [2.24, 2.45) is 0 Å². The van der Waals surface area contributed by atoms with Gasteiger partial charge in [-0.25, -0.2) is 4.98 Å². The second-order valence-electron chi connectivity index (χ2n) is 1.24. The SMILES string of the molecule is [O-][n+]1ccnc(Cl)c1. The zero-order chi connectivity index (χ0) is 5.98. The third kappa shape index (κ3) is 1.07. The Morgan fingerprint density at radius 2 is 2.50 bits per heavy atom.